The van der Waals surface area contributed by atoms with Gasteiger partial charge in [-0.25, -0.2) is 14.8 Å². The number of methoxy groups -OCH3 is 1. The monoisotopic (exact) mass is 613 g/mol. The number of esters is 1. The third-order valence-electron chi connectivity index (χ3n) is 8.76. The Labute approximate surface area is 262 Å². The summed E-state index contributed by atoms with van der Waals surface area (Å²) in [6.45, 7) is 1.85. The number of ketones is 1. The molecule has 2 aromatic heterocycles. The Morgan fingerprint density at radius 3 is 2.64 bits per heavy atom. The molecule has 236 valence electrons. The minimum absolute atomic E-state index is 0.202. The highest BCUT2D eigenvalue weighted by molar-refractivity contribution is 6.04. The van der Waals surface area contributed by atoms with Gasteiger partial charge in [0.05, 0.1) is 18.2 Å². The zero-order valence-corrected chi connectivity index (χ0v) is 25.7. The fourth-order valence-electron chi connectivity index (χ4n) is 6.17. The first-order valence-corrected chi connectivity index (χ1v) is 15.5. The number of unbranched alkanes of at least 4 members (excludes halogenated alkanes) is 2. The fraction of sp³-hybridized carbons (Fsp3) is 0.441. The molecular formula is C34H39N5O6. The molecule has 3 aromatic rings. The summed E-state index contributed by atoms with van der Waals surface area (Å²) in [5.41, 5.74) is 1.36. The van der Waals surface area contributed by atoms with E-state index in [2.05, 4.69) is 15.3 Å². The van der Waals surface area contributed by atoms with Gasteiger partial charge in [-0.15, -0.1) is 0 Å². The Kier molecular flexibility index (Phi) is 9.85. The van der Waals surface area contributed by atoms with Crippen molar-refractivity contribution in [3.63, 3.8) is 0 Å². The summed E-state index contributed by atoms with van der Waals surface area (Å²) < 4.78 is 16.9. The molecule has 0 unspecified atom stereocenters. The Bertz CT molecular complexity index is 1610. The quantitative estimate of drug-likeness (QED) is 0.102. The lowest BCUT2D eigenvalue weighted by Crippen LogP contribution is -2.46. The highest BCUT2D eigenvalue weighted by Gasteiger charge is 2.49. The molecule has 3 heterocycles. The van der Waals surface area contributed by atoms with Gasteiger partial charge >= 0.3 is 5.97 Å². The van der Waals surface area contributed by atoms with E-state index in [9.17, 15) is 14.4 Å². The maximum absolute atomic E-state index is 13.5. The predicted molar refractivity (Wildman–Crippen MR) is 168 cm³/mol. The summed E-state index contributed by atoms with van der Waals surface area (Å²) in [5, 5.41) is 21.2. The number of fused-ring (bicyclic) bond motifs is 3. The molecule has 0 bridgehead atoms. The summed E-state index contributed by atoms with van der Waals surface area (Å²) in [7, 11) is 1.46. The van der Waals surface area contributed by atoms with Crippen LogP contribution in [0.2, 0.25) is 0 Å². The van der Waals surface area contributed by atoms with E-state index >= 15 is 0 Å². The zero-order chi connectivity index (χ0) is 32.0. The Balaban J connectivity index is 1.25. The van der Waals surface area contributed by atoms with E-state index in [1.165, 1.54) is 7.11 Å². The Hall–Kier alpha value is -4.67. The smallest absolute Gasteiger partial charge is 0.358 e. The van der Waals surface area contributed by atoms with E-state index in [0.717, 1.165) is 23.8 Å². The number of para-hydroxylation sites is 1. The fourth-order valence-corrected chi connectivity index (χ4v) is 6.17. The van der Waals surface area contributed by atoms with Crippen LogP contribution in [-0.2, 0) is 24.7 Å². The van der Waals surface area contributed by atoms with Crippen molar-refractivity contribution in [2.75, 3.05) is 7.11 Å². The van der Waals surface area contributed by atoms with Gasteiger partial charge in [-0.2, -0.15) is 0 Å². The van der Waals surface area contributed by atoms with Crippen molar-refractivity contribution >= 4 is 40.4 Å². The van der Waals surface area contributed by atoms with Crippen LogP contribution < -0.4 is 10.1 Å². The van der Waals surface area contributed by atoms with E-state index in [1.54, 1.807) is 18.3 Å². The van der Waals surface area contributed by atoms with Crippen molar-refractivity contribution in [3.05, 3.63) is 65.5 Å². The van der Waals surface area contributed by atoms with Crippen molar-refractivity contribution in [1.29, 1.82) is 10.8 Å². The first kappa shape index (κ1) is 31.7. The molecular weight excluding hydrogens is 574 g/mol. The first-order chi connectivity index (χ1) is 21.7. The van der Waals surface area contributed by atoms with Crippen molar-refractivity contribution in [3.8, 4) is 5.88 Å². The molecule has 3 N–H and O–H groups in total. The standard InChI is InChI=1S/C34H39N5O6/c1-3-23(40)11-5-4-6-14-27(30(36)44-29(35)24-20-22-10-7-8-13-26(22)39-32(24)43-2)38-31(41)21-15-17-34(18-16-21)25-12-9-19-37-28(25)33(42)45-34/h7-10,12-13,19-21,27,35-36H,3-6,11,14-18H2,1-2H3,(H,38,41)/t21?,27-,34?/m0/s1. The van der Waals surface area contributed by atoms with Gasteiger partial charge in [-0.05, 0) is 56.7 Å². The van der Waals surface area contributed by atoms with Crippen molar-refractivity contribution < 1.29 is 28.6 Å². The molecule has 1 aliphatic carbocycles. The Morgan fingerprint density at radius 2 is 1.89 bits per heavy atom. The molecule has 1 atom stereocenters. The van der Waals surface area contributed by atoms with Crippen LogP contribution in [0.1, 0.15) is 92.7 Å². The average molecular weight is 614 g/mol. The van der Waals surface area contributed by atoms with Gasteiger partial charge in [0.2, 0.25) is 23.6 Å². The number of carbonyl (C=O) groups excluding carboxylic acids is 3. The lowest BCUT2D eigenvalue weighted by atomic mass is 9.75. The van der Waals surface area contributed by atoms with Crippen molar-refractivity contribution in [2.45, 2.75) is 82.8 Å². The number of amides is 1. The third kappa shape index (κ3) is 7.02. The van der Waals surface area contributed by atoms with Gasteiger partial charge in [0.1, 0.15) is 17.4 Å². The summed E-state index contributed by atoms with van der Waals surface area (Å²) in [6.07, 6.45) is 7.17. The topological polar surface area (TPSA) is 164 Å². The van der Waals surface area contributed by atoms with Crippen LogP contribution in [0.3, 0.4) is 0 Å². The number of pyridine rings is 2. The SMILES string of the molecule is CCC(=O)CCCCC[C@H](NC(=O)C1CCC2(CC1)OC(=O)c1ncccc12)C(=N)OC(=N)c1cc2ccccc2nc1OC. The van der Waals surface area contributed by atoms with Gasteiger partial charge < -0.3 is 19.5 Å². The van der Waals surface area contributed by atoms with Gasteiger partial charge in [-0.3, -0.25) is 20.4 Å². The molecule has 1 spiro atoms. The van der Waals surface area contributed by atoms with Crippen LogP contribution in [-0.4, -0.2) is 52.6 Å². The second-order valence-corrected chi connectivity index (χ2v) is 11.6. The molecule has 1 amide bonds. The summed E-state index contributed by atoms with van der Waals surface area (Å²) in [4.78, 5) is 46.3. The van der Waals surface area contributed by atoms with E-state index in [-0.39, 0.29) is 35.3 Å². The average Bonchev–Trinajstić information content (AvgIpc) is 3.33. The van der Waals surface area contributed by atoms with Crippen LogP contribution in [0.4, 0.5) is 0 Å². The molecule has 0 saturated heterocycles. The van der Waals surface area contributed by atoms with E-state index in [0.29, 0.717) is 68.1 Å². The van der Waals surface area contributed by atoms with Crippen molar-refractivity contribution in [2.24, 2.45) is 5.92 Å². The number of nitrogens with zero attached hydrogens (tertiary/aromatic N) is 2. The number of rotatable bonds is 12. The van der Waals surface area contributed by atoms with Crippen molar-refractivity contribution in [1.82, 2.24) is 15.3 Å². The van der Waals surface area contributed by atoms with Gasteiger partial charge in [-0.1, -0.05) is 44.0 Å². The summed E-state index contributed by atoms with van der Waals surface area (Å²) in [6, 6.07) is 12.0. The lowest BCUT2D eigenvalue weighted by molar-refractivity contribution is -0.128. The maximum Gasteiger partial charge on any atom is 0.358 e. The first-order valence-electron chi connectivity index (χ1n) is 15.5. The molecule has 1 aliphatic heterocycles. The molecule has 11 nitrogen and oxygen atoms in total. The molecule has 11 heteroatoms. The number of aromatic nitrogens is 2. The number of carbonyl (C=O) groups is 3. The Morgan fingerprint density at radius 1 is 1.11 bits per heavy atom. The van der Waals surface area contributed by atoms with Crippen LogP contribution in [0, 0.1) is 16.7 Å². The molecule has 1 fully saturated rings. The number of hydrogen-bond donors (Lipinski definition) is 3. The minimum atomic E-state index is -0.774. The summed E-state index contributed by atoms with van der Waals surface area (Å²) in [5.74, 6) is -1.13. The molecule has 1 saturated carbocycles. The number of benzene rings is 1. The second-order valence-electron chi connectivity index (χ2n) is 11.6. The number of nitrogens with one attached hydrogen (secondary N) is 3. The molecule has 45 heavy (non-hydrogen) atoms. The second kappa shape index (κ2) is 14.0. The van der Waals surface area contributed by atoms with E-state index in [4.69, 9.17) is 25.0 Å². The van der Waals surface area contributed by atoms with Crippen LogP contribution in [0.25, 0.3) is 10.9 Å². The normalized spacial score (nSPS) is 19.4. The van der Waals surface area contributed by atoms with Crippen LogP contribution >= 0.6 is 0 Å². The molecule has 0 radical (unpaired) electrons. The molecule has 2 aliphatic rings. The van der Waals surface area contributed by atoms with Gasteiger partial charge in [0.15, 0.2) is 5.69 Å². The van der Waals surface area contributed by atoms with Gasteiger partial charge in [0.25, 0.3) is 0 Å². The molecule has 1 aromatic carbocycles. The zero-order valence-electron chi connectivity index (χ0n) is 25.7. The number of ether oxygens (including phenoxy) is 3. The summed E-state index contributed by atoms with van der Waals surface area (Å²) >= 11 is 0. The number of Topliss-reactive ketones (excluding diaryl/α,β-unsaturated/α-hetero) is 1. The minimum Gasteiger partial charge on any atom is -0.480 e. The predicted octanol–water partition coefficient (Wildman–Crippen LogP) is 5.63. The van der Waals surface area contributed by atoms with Crippen LogP contribution in [0.15, 0.2) is 48.7 Å². The van der Waals surface area contributed by atoms with Gasteiger partial charge in [0, 0.05) is 35.9 Å². The highest BCUT2D eigenvalue weighted by Crippen LogP contribution is 2.47. The van der Waals surface area contributed by atoms with Crippen LogP contribution in [0.5, 0.6) is 5.88 Å². The maximum atomic E-state index is 13.5. The third-order valence-corrected chi connectivity index (χ3v) is 8.76. The van der Waals surface area contributed by atoms with E-state index in [1.807, 2.05) is 37.3 Å². The highest BCUT2D eigenvalue weighted by atomic mass is 16.6. The van der Waals surface area contributed by atoms with E-state index < -0.39 is 17.6 Å². The largest absolute Gasteiger partial charge is 0.480 e. The molecule has 5 rings (SSSR count). The number of hydrogen-bond acceptors (Lipinski definition) is 10. The lowest BCUT2D eigenvalue weighted by Gasteiger charge is -2.36.